The summed E-state index contributed by atoms with van der Waals surface area (Å²) in [6.45, 7) is -0.336. The molecule has 0 amide bonds. The first-order valence-corrected chi connectivity index (χ1v) is 10.6. The second kappa shape index (κ2) is 10.7. The summed E-state index contributed by atoms with van der Waals surface area (Å²) in [6, 6.07) is 24.7. The van der Waals surface area contributed by atoms with Gasteiger partial charge in [-0.1, -0.05) is 54.6 Å². The number of ether oxygens (including phenoxy) is 4. The van der Waals surface area contributed by atoms with E-state index < -0.39 is 42.5 Å². The van der Waals surface area contributed by atoms with E-state index in [-0.39, 0.29) is 17.7 Å². The largest absolute Gasteiger partial charge is 0.459 e. The van der Waals surface area contributed by atoms with E-state index in [1.165, 1.54) is 0 Å². The number of carbonyl (C=O) groups is 3. The normalized spacial score (nSPS) is 21.4. The van der Waals surface area contributed by atoms with Crippen LogP contribution in [0.15, 0.2) is 91.0 Å². The van der Waals surface area contributed by atoms with Crippen molar-refractivity contribution in [1.82, 2.24) is 0 Å². The molecule has 1 aliphatic rings. The van der Waals surface area contributed by atoms with Crippen LogP contribution in [0.5, 0.6) is 0 Å². The summed E-state index contributed by atoms with van der Waals surface area (Å²) in [6.07, 6.45) is -5.24. The van der Waals surface area contributed by atoms with Crippen molar-refractivity contribution in [3.8, 4) is 0 Å². The zero-order valence-corrected chi connectivity index (χ0v) is 18.0. The van der Waals surface area contributed by atoms with Crippen LogP contribution in [-0.2, 0) is 18.9 Å². The van der Waals surface area contributed by atoms with Crippen LogP contribution in [0.1, 0.15) is 31.1 Å². The molecule has 8 heteroatoms. The molecule has 1 heterocycles. The maximum atomic E-state index is 12.6. The molecule has 0 aliphatic carbocycles. The van der Waals surface area contributed by atoms with Crippen molar-refractivity contribution in [2.75, 3.05) is 6.61 Å². The number of aliphatic hydroxyl groups is 1. The Bertz CT molecular complexity index is 1120. The molecule has 0 bridgehead atoms. The van der Waals surface area contributed by atoms with Gasteiger partial charge in [-0.3, -0.25) is 0 Å². The smallest absolute Gasteiger partial charge is 0.340 e. The third kappa shape index (κ3) is 5.48. The van der Waals surface area contributed by atoms with Gasteiger partial charge in [0, 0.05) is 0 Å². The first-order chi connectivity index (χ1) is 16.5. The molecule has 4 atom stereocenters. The number of hydrogen-bond acceptors (Lipinski definition) is 8. The Hall–Kier alpha value is -4.01. The summed E-state index contributed by atoms with van der Waals surface area (Å²) in [5.41, 5.74) is 0.848. The van der Waals surface area contributed by atoms with E-state index in [9.17, 15) is 19.5 Å². The summed E-state index contributed by atoms with van der Waals surface area (Å²) in [5.74, 6) is -2.04. The first kappa shape index (κ1) is 23.2. The Morgan fingerprint density at radius 2 is 1.12 bits per heavy atom. The Labute approximate surface area is 195 Å². The Balaban J connectivity index is 1.47. The number of benzene rings is 3. The van der Waals surface area contributed by atoms with E-state index in [0.717, 1.165) is 0 Å². The van der Waals surface area contributed by atoms with Gasteiger partial charge >= 0.3 is 17.9 Å². The lowest BCUT2D eigenvalue weighted by atomic mass is 10.1. The average molecular weight is 462 g/mol. The van der Waals surface area contributed by atoms with Crippen LogP contribution in [0.25, 0.3) is 0 Å². The number of aliphatic hydroxyl groups excluding tert-OH is 1. The third-order valence-corrected chi connectivity index (χ3v) is 5.16. The van der Waals surface area contributed by atoms with Gasteiger partial charge < -0.3 is 24.1 Å². The highest BCUT2D eigenvalue weighted by molar-refractivity contribution is 5.90. The lowest BCUT2D eigenvalue weighted by Crippen LogP contribution is -2.40. The van der Waals surface area contributed by atoms with Gasteiger partial charge in [-0.2, -0.15) is 0 Å². The number of carbonyl (C=O) groups excluding carboxylic acids is 3. The van der Waals surface area contributed by atoms with Crippen molar-refractivity contribution in [3.05, 3.63) is 108 Å². The van der Waals surface area contributed by atoms with Gasteiger partial charge in [-0.05, 0) is 36.4 Å². The molecular formula is C26H22O8. The van der Waals surface area contributed by atoms with E-state index in [1.54, 1.807) is 91.0 Å². The zero-order valence-electron chi connectivity index (χ0n) is 18.0. The molecule has 0 unspecified atom stereocenters. The number of esters is 3. The number of hydrogen-bond donors (Lipinski definition) is 1. The minimum absolute atomic E-state index is 0.259. The zero-order chi connectivity index (χ0) is 23.9. The summed E-state index contributed by atoms with van der Waals surface area (Å²) >= 11 is 0. The second-order valence-corrected chi connectivity index (χ2v) is 7.51. The van der Waals surface area contributed by atoms with Crippen LogP contribution in [0.3, 0.4) is 0 Å². The predicted molar refractivity (Wildman–Crippen MR) is 119 cm³/mol. The van der Waals surface area contributed by atoms with Crippen LogP contribution in [0, 0.1) is 0 Å². The van der Waals surface area contributed by atoms with Crippen LogP contribution >= 0.6 is 0 Å². The minimum atomic E-state index is -1.50. The van der Waals surface area contributed by atoms with Crippen LogP contribution in [-0.4, -0.2) is 54.2 Å². The van der Waals surface area contributed by atoms with Crippen LogP contribution < -0.4 is 0 Å². The highest BCUT2D eigenvalue weighted by Gasteiger charge is 2.49. The maximum absolute atomic E-state index is 12.6. The monoisotopic (exact) mass is 462 g/mol. The molecule has 3 aromatic carbocycles. The molecule has 1 aliphatic heterocycles. The van der Waals surface area contributed by atoms with Gasteiger partial charge in [0.1, 0.15) is 12.7 Å². The quantitative estimate of drug-likeness (QED) is 0.422. The Kier molecular flexibility index (Phi) is 7.31. The van der Waals surface area contributed by atoms with E-state index in [4.69, 9.17) is 18.9 Å². The first-order valence-electron chi connectivity index (χ1n) is 10.6. The molecule has 8 nitrogen and oxygen atoms in total. The van der Waals surface area contributed by atoms with E-state index >= 15 is 0 Å². The van der Waals surface area contributed by atoms with Gasteiger partial charge in [0.05, 0.1) is 16.7 Å². The van der Waals surface area contributed by atoms with E-state index in [2.05, 4.69) is 0 Å². The van der Waals surface area contributed by atoms with Gasteiger partial charge in [0.25, 0.3) is 0 Å². The molecule has 1 fully saturated rings. The van der Waals surface area contributed by atoms with Crippen molar-refractivity contribution >= 4 is 17.9 Å². The Morgan fingerprint density at radius 3 is 1.62 bits per heavy atom. The molecule has 1 N–H and O–H groups in total. The molecule has 1 saturated heterocycles. The lowest BCUT2D eigenvalue weighted by molar-refractivity contribution is -0.139. The third-order valence-electron chi connectivity index (χ3n) is 5.16. The van der Waals surface area contributed by atoms with Gasteiger partial charge in [-0.15, -0.1) is 0 Å². The fraction of sp³-hybridized carbons (Fsp3) is 0.192. The topological polar surface area (TPSA) is 108 Å². The molecule has 0 saturated carbocycles. The summed E-state index contributed by atoms with van der Waals surface area (Å²) in [4.78, 5) is 37.4. The summed E-state index contributed by atoms with van der Waals surface area (Å²) < 4.78 is 21.8. The summed E-state index contributed by atoms with van der Waals surface area (Å²) in [7, 11) is 0. The maximum Gasteiger partial charge on any atom is 0.340 e. The standard InChI is InChI=1S/C26H22O8/c27-21-22(33-24(29)18-12-6-2-7-13-18)20(16-31-23(28)17-10-4-1-5-11-17)32-26(21)34-25(30)19-14-8-3-9-15-19/h1-15,20-22,26-27H,16H2/t20-,21+,22+,26-/m1/s1. The molecule has 174 valence electrons. The lowest BCUT2D eigenvalue weighted by Gasteiger charge is -2.20. The van der Waals surface area contributed by atoms with E-state index in [1.807, 2.05) is 0 Å². The van der Waals surface area contributed by atoms with Crippen molar-refractivity contribution in [1.29, 1.82) is 0 Å². The summed E-state index contributed by atoms with van der Waals surface area (Å²) in [5, 5.41) is 10.8. The van der Waals surface area contributed by atoms with Crippen molar-refractivity contribution in [3.63, 3.8) is 0 Å². The average Bonchev–Trinajstić information content (AvgIpc) is 3.17. The predicted octanol–water partition coefficient (Wildman–Crippen LogP) is 3.01. The highest BCUT2D eigenvalue weighted by Crippen LogP contribution is 2.27. The van der Waals surface area contributed by atoms with E-state index in [0.29, 0.717) is 5.56 Å². The van der Waals surface area contributed by atoms with Crippen LogP contribution in [0.4, 0.5) is 0 Å². The highest BCUT2D eigenvalue weighted by atomic mass is 16.7. The second-order valence-electron chi connectivity index (χ2n) is 7.51. The fourth-order valence-electron chi connectivity index (χ4n) is 3.41. The molecule has 3 aromatic rings. The van der Waals surface area contributed by atoms with Crippen molar-refractivity contribution < 1.29 is 38.4 Å². The van der Waals surface area contributed by atoms with Gasteiger partial charge in [0.2, 0.25) is 6.29 Å². The van der Waals surface area contributed by atoms with Gasteiger partial charge in [-0.25, -0.2) is 14.4 Å². The van der Waals surface area contributed by atoms with Crippen LogP contribution in [0.2, 0.25) is 0 Å². The molecule has 34 heavy (non-hydrogen) atoms. The van der Waals surface area contributed by atoms with Crippen molar-refractivity contribution in [2.45, 2.75) is 24.6 Å². The minimum Gasteiger partial charge on any atom is -0.459 e. The SMILES string of the molecule is O=C(OC[C@H]1O[C@H](OC(=O)c2ccccc2)[C@@H](O)[C@H]1OC(=O)c1ccccc1)c1ccccc1. The molecule has 0 spiro atoms. The van der Waals surface area contributed by atoms with Crippen molar-refractivity contribution in [2.24, 2.45) is 0 Å². The molecule has 4 rings (SSSR count). The number of rotatable bonds is 7. The molecule has 0 radical (unpaired) electrons. The molecular weight excluding hydrogens is 440 g/mol. The van der Waals surface area contributed by atoms with Gasteiger partial charge in [0.15, 0.2) is 12.2 Å². The molecule has 0 aromatic heterocycles. The fourth-order valence-corrected chi connectivity index (χ4v) is 3.41. The Morgan fingerprint density at radius 1 is 0.676 bits per heavy atom.